The van der Waals surface area contributed by atoms with Crippen LogP contribution in [0.1, 0.15) is 17.0 Å². The number of aromatic nitrogens is 1. The van der Waals surface area contributed by atoms with E-state index >= 15 is 0 Å². The molecule has 0 fully saturated rings. The number of sulfonamides is 1. The molecule has 3 aromatic rings. The van der Waals surface area contributed by atoms with E-state index in [1.54, 1.807) is 6.07 Å². The molecule has 0 saturated heterocycles. The smallest absolute Gasteiger partial charge is 0.336 e. The molecule has 7 heteroatoms. The molecule has 0 radical (unpaired) electrons. The van der Waals surface area contributed by atoms with Crippen molar-refractivity contribution in [1.29, 1.82) is 0 Å². The predicted octanol–water partition coefficient (Wildman–Crippen LogP) is 2.63. The molecule has 0 aliphatic carbocycles. The summed E-state index contributed by atoms with van der Waals surface area (Å²) in [6.45, 7) is 4.00. The van der Waals surface area contributed by atoms with Crippen LogP contribution in [0.25, 0.3) is 11.0 Å². The number of nitrogens with zero attached hydrogens (tertiary/aromatic N) is 2. The van der Waals surface area contributed by atoms with E-state index in [4.69, 9.17) is 4.42 Å². The van der Waals surface area contributed by atoms with Gasteiger partial charge in [0.05, 0.1) is 17.1 Å². The van der Waals surface area contributed by atoms with Crippen LogP contribution in [-0.2, 0) is 16.6 Å². The summed E-state index contributed by atoms with van der Waals surface area (Å²) in [5.74, 6) is 0. The average Bonchev–Trinajstić information content (AvgIpc) is 2.53. The highest BCUT2D eigenvalue weighted by molar-refractivity contribution is 7.89. The normalized spacial score (nSPS) is 12.0. The zero-order valence-electron chi connectivity index (χ0n) is 14.2. The van der Waals surface area contributed by atoms with Gasteiger partial charge in [-0.25, -0.2) is 13.2 Å². The number of rotatable bonds is 4. The van der Waals surface area contributed by atoms with Crippen molar-refractivity contribution in [3.8, 4) is 0 Å². The molecule has 0 amide bonds. The predicted molar refractivity (Wildman–Crippen MR) is 94.8 cm³/mol. The molecular weight excluding hydrogens is 340 g/mol. The van der Waals surface area contributed by atoms with E-state index in [1.807, 2.05) is 26.0 Å². The van der Waals surface area contributed by atoms with Crippen LogP contribution < -0.4 is 5.63 Å². The molecule has 130 valence electrons. The van der Waals surface area contributed by atoms with Crippen molar-refractivity contribution < 1.29 is 12.8 Å². The van der Waals surface area contributed by atoms with Crippen LogP contribution in [0.2, 0.25) is 0 Å². The number of pyridine rings is 1. The number of fused-ring (bicyclic) bond motifs is 1. The summed E-state index contributed by atoms with van der Waals surface area (Å²) in [5, 5.41) is 0.554. The van der Waals surface area contributed by atoms with Crippen LogP contribution >= 0.6 is 0 Å². The lowest BCUT2D eigenvalue weighted by atomic mass is 10.2. The molecule has 0 atom stereocenters. The van der Waals surface area contributed by atoms with E-state index in [1.165, 1.54) is 35.6 Å². The Balaban J connectivity index is 1.94. The average molecular weight is 358 g/mol. The van der Waals surface area contributed by atoms with Crippen LogP contribution in [0.5, 0.6) is 0 Å². The van der Waals surface area contributed by atoms with Crippen LogP contribution in [0, 0.1) is 13.8 Å². The molecule has 0 N–H and O–H groups in total. The molecule has 0 unspecified atom stereocenters. The minimum absolute atomic E-state index is 0.140. The summed E-state index contributed by atoms with van der Waals surface area (Å²) in [4.78, 5) is 15.8. The van der Waals surface area contributed by atoms with Gasteiger partial charge >= 0.3 is 5.63 Å². The fourth-order valence-corrected chi connectivity index (χ4v) is 3.89. The highest BCUT2D eigenvalue weighted by atomic mass is 32.2. The van der Waals surface area contributed by atoms with Gasteiger partial charge in [0, 0.05) is 24.2 Å². The van der Waals surface area contributed by atoms with E-state index < -0.39 is 15.6 Å². The quantitative estimate of drug-likeness (QED) is 0.670. The molecule has 0 aliphatic heterocycles. The number of benzene rings is 1. The third-order valence-electron chi connectivity index (χ3n) is 3.83. The Bertz CT molecular complexity index is 1080. The van der Waals surface area contributed by atoms with Gasteiger partial charge in [0.25, 0.3) is 0 Å². The number of hydrogen-bond donors (Lipinski definition) is 0. The Morgan fingerprint density at radius 3 is 2.56 bits per heavy atom. The Morgan fingerprint density at radius 1 is 1.08 bits per heavy atom. The first kappa shape index (κ1) is 17.3. The summed E-state index contributed by atoms with van der Waals surface area (Å²) in [6, 6.07) is 11.0. The first-order valence-corrected chi connectivity index (χ1v) is 9.14. The maximum Gasteiger partial charge on any atom is 0.336 e. The lowest BCUT2D eigenvalue weighted by Gasteiger charge is -2.17. The van der Waals surface area contributed by atoms with Crippen molar-refractivity contribution in [2.24, 2.45) is 0 Å². The molecule has 0 bridgehead atoms. The Labute approximate surface area is 145 Å². The summed E-state index contributed by atoms with van der Waals surface area (Å²) >= 11 is 0. The maximum absolute atomic E-state index is 12.8. The van der Waals surface area contributed by atoms with Crippen LogP contribution in [-0.4, -0.2) is 24.8 Å². The summed E-state index contributed by atoms with van der Waals surface area (Å²) < 4.78 is 31.9. The van der Waals surface area contributed by atoms with Gasteiger partial charge in [-0.15, -0.1) is 0 Å². The largest absolute Gasteiger partial charge is 0.423 e. The molecule has 0 saturated carbocycles. The first-order valence-electron chi connectivity index (χ1n) is 7.70. The molecule has 2 aromatic heterocycles. The fraction of sp³-hybridized carbons (Fsp3) is 0.222. The van der Waals surface area contributed by atoms with Gasteiger partial charge in [0.1, 0.15) is 5.58 Å². The minimum atomic E-state index is -3.69. The lowest BCUT2D eigenvalue weighted by Crippen LogP contribution is -2.27. The summed E-state index contributed by atoms with van der Waals surface area (Å²) in [7, 11) is -2.17. The first-order chi connectivity index (χ1) is 11.8. The fourth-order valence-electron chi connectivity index (χ4n) is 2.71. The highest BCUT2D eigenvalue weighted by Gasteiger charge is 2.22. The molecule has 2 heterocycles. The molecule has 6 nitrogen and oxygen atoms in total. The van der Waals surface area contributed by atoms with E-state index in [0.717, 1.165) is 11.3 Å². The standard InChI is InChI=1S/C18H18N2O4S/c1-12-8-13(2)19-15(9-12)11-20(3)25(22,23)16-5-6-17-14(10-16)4-7-18(21)24-17/h4-10H,11H2,1-3H3. The monoisotopic (exact) mass is 358 g/mol. The van der Waals surface area contributed by atoms with Gasteiger partial charge in [0.15, 0.2) is 0 Å². The third kappa shape index (κ3) is 3.62. The number of hydrogen-bond acceptors (Lipinski definition) is 5. The number of aryl methyl sites for hydroxylation is 2. The van der Waals surface area contributed by atoms with Crippen molar-refractivity contribution in [2.45, 2.75) is 25.3 Å². The van der Waals surface area contributed by atoms with Crippen LogP contribution in [0.3, 0.4) is 0 Å². The zero-order chi connectivity index (χ0) is 18.2. The van der Waals surface area contributed by atoms with Gasteiger partial charge in [0.2, 0.25) is 10.0 Å². The second-order valence-corrected chi connectivity index (χ2v) is 8.04. The second-order valence-electron chi connectivity index (χ2n) is 5.99. The van der Waals surface area contributed by atoms with Gasteiger partial charge in [-0.1, -0.05) is 0 Å². The van der Waals surface area contributed by atoms with Gasteiger partial charge < -0.3 is 4.42 Å². The van der Waals surface area contributed by atoms with Gasteiger partial charge in [-0.2, -0.15) is 4.31 Å². The molecule has 25 heavy (non-hydrogen) atoms. The second kappa shape index (κ2) is 6.42. The Morgan fingerprint density at radius 2 is 1.84 bits per heavy atom. The molecule has 3 rings (SSSR count). The molecular formula is C18H18N2O4S. The molecule has 0 spiro atoms. The van der Waals surface area contributed by atoms with Gasteiger partial charge in [-0.05, 0) is 55.8 Å². The molecule has 1 aromatic carbocycles. The molecule has 0 aliphatic rings. The van der Waals surface area contributed by atoms with Crippen molar-refractivity contribution in [3.63, 3.8) is 0 Å². The van der Waals surface area contributed by atoms with E-state index in [0.29, 0.717) is 16.7 Å². The van der Waals surface area contributed by atoms with E-state index in [9.17, 15) is 13.2 Å². The van der Waals surface area contributed by atoms with Crippen molar-refractivity contribution in [1.82, 2.24) is 9.29 Å². The Kier molecular flexibility index (Phi) is 4.45. The highest BCUT2D eigenvalue weighted by Crippen LogP contribution is 2.21. The van der Waals surface area contributed by atoms with E-state index in [2.05, 4.69) is 4.98 Å². The van der Waals surface area contributed by atoms with Crippen molar-refractivity contribution >= 4 is 21.0 Å². The minimum Gasteiger partial charge on any atom is -0.423 e. The SMILES string of the molecule is Cc1cc(C)nc(CN(C)S(=O)(=O)c2ccc3oc(=O)ccc3c2)c1. The van der Waals surface area contributed by atoms with Crippen molar-refractivity contribution in [3.05, 3.63) is 69.8 Å². The van der Waals surface area contributed by atoms with Crippen molar-refractivity contribution in [2.75, 3.05) is 7.05 Å². The summed E-state index contributed by atoms with van der Waals surface area (Å²) in [6.07, 6.45) is 0. The Hall–Kier alpha value is -2.51. The topological polar surface area (TPSA) is 80.5 Å². The third-order valence-corrected chi connectivity index (χ3v) is 5.63. The lowest BCUT2D eigenvalue weighted by molar-refractivity contribution is 0.461. The zero-order valence-corrected chi connectivity index (χ0v) is 15.0. The van der Waals surface area contributed by atoms with Crippen LogP contribution in [0.15, 0.2) is 56.6 Å². The maximum atomic E-state index is 12.8. The van der Waals surface area contributed by atoms with Gasteiger partial charge in [-0.3, -0.25) is 4.98 Å². The summed E-state index contributed by atoms with van der Waals surface area (Å²) in [5.41, 5.74) is 2.46. The van der Waals surface area contributed by atoms with E-state index in [-0.39, 0.29) is 11.4 Å². The van der Waals surface area contributed by atoms with Crippen LogP contribution in [0.4, 0.5) is 0 Å².